The van der Waals surface area contributed by atoms with Crippen molar-refractivity contribution in [1.29, 1.82) is 0 Å². The van der Waals surface area contributed by atoms with Crippen molar-refractivity contribution in [2.24, 2.45) is 0 Å². The number of nitrogens with one attached hydrogen (secondary N) is 1. The number of carboxylic acid groups (broad SMARTS) is 1. The van der Waals surface area contributed by atoms with Gasteiger partial charge in [-0.2, -0.15) is 0 Å². The van der Waals surface area contributed by atoms with Crippen LogP contribution in [0.2, 0.25) is 0 Å². The topological polar surface area (TPSA) is 49.3 Å². The van der Waals surface area contributed by atoms with Crippen LogP contribution >= 0.6 is 0 Å². The fourth-order valence-corrected chi connectivity index (χ4v) is 2.15. The van der Waals surface area contributed by atoms with Crippen molar-refractivity contribution in [1.82, 2.24) is 5.54 Å². The van der Waals surface area contributed by atoms with Crippen molar-refractivity contribution in [3.8, 4) is 0 Å². The van der Waals surface area contributed by atoms with Crippen molar-refractivity contribution in [3.05, 3.63) is 71.8 Å². The molecule has 0 aromatic heterocycles. The van der Waals surface area contributed by atoms with Gasteiger partial charge in [-0.25, -0.2) is 0 Å². The monoisotopic (exact) mass is 259 g/mol. The minimum atomic E-state index is -1.32. The van der Waals surface area contributed by atoms with Crippen LogP contribution in [0, 0.1) is 0 Å². The third-order valence-electron chi connectivity index (χ3n) is 3.03. The van der Waals surface area contributed by atoms with Crippen molar-refractivity contribution in [2.45, 2.75) is 12.0 Å². The van der Waals surface area contributed by atoms with Crippen LogP contribution in [0.4, 0.5) is 4.48 Å². The first kappa shape index (κ1) is 13.2. The molecule has 98 valence electrons. The van der Waals surface area contributed by atoms with Crippen LogP contribution in [0.1, 0.15) is 17.0 Å². The van der Waals surface area contributed by atoms with Gasteiger partial charge in [-0.05, 0) is 11.1 Å². The third-order valence-corrected chi connectivity index (χ3v) is 3.03. The van der Waals surface area contributed by atoms with Crippen LogP contribution in [-0.2, 0) is 4.79 Å². The summed E-state index contributed by atoms with van der Waals surface area (Å²) in [7, 11) is 0. The van der Waals surface area contributed by atoms with Gasteiger partial charge in [-0.1, -0.05) is 60.7 Å². The summed E-state index contributed by atoms with van der Waals surface area (Å²) < 4.78 is 12.9. The second-order valence-corrected chi connectivity index (χ2v) is 4.22. The highest BCUT2D eigenvalue weighted by molar-refractivity contribution is 5.75. The highest BCUT2D eigenvalue weighted by Gasteiger charge is 2.30. The van der Waals surface area contributed by atoms with E-state index < -0.39 is 17.9 Å². The molecule has 0 aliphatic heterocycles. The predicted octanol–water partition coefficient (Wildman–Crippen LogP) is 2.75. The Morgan fingerprint density at radius 3 is 1.68 bits per heavy atom. The number of aliphatic carboxylic acids is 1. The fraction of sp³-hybridized carbons (Fsp3) is 0.133. The third kappa shape index (κ3) is 2.98. The van der Waals surface area contributed by atoms with Crippen LogP contribution in [0.5, 0.6) is 0 Å². The normalized spacial score (nSPS) is 12.3. The lowest BCUT2D eigenvalue weighted by molar-refractivity contribution is -0.141. The first-order chi connectivity index (χ1) is 9.24. The average Bonchev–Trinajstić information content (AvgIpc) is 2.46. The highest BCUT2D eigenvalue weighted by Crippen LogP contribution is 2.28. The minimum Gasteiger partial charge on any atom is -0.480 e. The molecule has 0 amide bonds. The highest BCUT2D eigenvalue weighted by atomic mass is 19.2. The van der Waals surface area contributed by atoms with Crippen LogP contribution < -0.4 is 5.54 Å². The average molecular weight is 259 g/mol. The van der Waals surface area contributed by atoms with Gasteiger partial charge in [0.05, 0.1) is 0 Å². The lowest BCUT2D eigenvalue weighted by Gasteiger charge is -2.22. The van der Waals surface area contributed by atoms with E-state index in [9.17, 15) is 9.28 Å². The Morgan fingerprint density at radius 2 is 1.37 bits per heavy atom. The predicted molar refractivity (Wildman–Crippen MR) is 70.4 cm³/mol. The van der Waals surface area contributed by atoms with Gasteiger partial charge in [0.1, 0.15) is 6.04 Å². The molecule has 2 N–H and O–H groups in total. The molecule has 0 spiro atoms. The van der Waals surface area contributed by atoms with Gasteiger partial charge in [0.2, 0.25) is 0 Å². The molecule has 4 heteroatoms. The van der Waals surface area contributed by atoms with Gasteiger partial charge < -0.3 is 5.11 Å². The van der Waals surface area contributed by atoms with E-state index in [1.54, 1.807) is 24.3 Å². The van der Waals surface area contributed by atoms with E-state index >= 15 is 0 Å². The van der Waals surface area contributed by atoms with Crippen LogP contribution in [0.25, 0.3) is 0 Å². The Labute approximate surface area is 110 Å². The smallest absolute Gasteiger partial charge is 0.324 e. The Balaban J connectivity index is 2.48. The molecule has 0 saturated heterocycles. The first-order valence-corrected chi connectivity index (χ1v) is 5.93. The molecule has 2 rings (SSSR count). The van der Waals surface area contributed by atoms with E-state index in [4.69, 9.17) is 5.11 Å². The summed E-state index contributed by atoms with van der Waals surface area (Å²) in [6.45, 7) is 0. The van der Waals surface area contributed by atoms with E-state index in [-0.39, 0.29) is 0 Å². The Hall–Kier alpha value is -2.20. The quantitative estimate of drug-likeness (QED) is 0.812. The van der Waals surface area contributed by atoms with Crippen LogP contribution in [-0.4, -0.2) is 17.1 Å². The van der Waals surface area contributed by atoms with Crippen LogP contribution in [0.15, 0.2) is 60.7 Å². The molecule has 0 bridgehead atoms. The van der Waals surface area contributed by atoms with Gasteiger partial charge in [-0.3, -0.25) is 4.79 Å². The fourth-order valence-electron chi connectivity index (χ4n) is 2.15. The van der Waals surface area contributed by atoms with E-state index in [0.29, 0.717) is 0 Å². The van der Waals surface area contributed by atoms with Gasteiger partial charge in [0.25, 0.3) is 0 Å². The zero-order valence-corrected chi connectivity index (χ0v) is 10.2. The summed E-state index contributed by atoms with van der Waals surface area (Å²) in [5.41, 5.74) is 2.91. The van der Waals surface area contributed by atoms with Crippen LogP contribution in [0.3, 0.4) is 0 Å². The molecule has 0 aliphatic rings. The summed E-state index contributed by atoms with van der Waals surface area (Å²) in [4.78, 5) is 11.2. The number of rotatable bonds is 5. The van der Waals surface area contributed by atoms with Crippen molar-refractivity contribution >= 4 is 5.97 Å². The Kier molecular flexibility index (Phi) is 4.26. The summed E-state index contributed by atoms with van der Waals surface area (Å²) in [5.74, 6) is -1.80. The summed E-state index contributed by atoms with van der Waals surface area (Å²) >= 11 is 0. The zero-order chi connectivity index (χ0) is 13.7. The van der Waals surface area contributed by atoms with E-state index in [1.165, 1.54) is 5.54 Å². The number of carbonyl (C=O) groups is 1. The number of hydrogen-bond acceptors (Lipinski definition) is 2. The molecular formula is C15H14FNO2. The molecule has 0 saturated carbocycles. The molecule has 3 nitrogen and oxygen atoms in total. The molecule has 0 heterocycles. The summed E-state index contributed by atoms with van der Waals surface area (Å²) in [6.07, 6.45) is 0. The van der Waals surface area contributed by atoms with E-state index in [2.05, 4.69) is 0 Å². The molecule has 2 aromatic rings. The molecule has 0 fully saturated rings. The molecule has 0 radical (unpaired) electrons. The van der Waals surface area contributed by atoms with Gasteiger partial charge in [0, 0.05) is 5.92 Å². The molecule has 19 heavy (non-hydrogen) atoms. The second kappa shape index (κ2) is 6.11. The number of carboxylic acids is 1. The van der Waals surface area contributed by atoms with Gasteiger partial charge in [-0.15, -0.1) is 10.0 Å². The SMILES string of the molecule is O=C(O)[C@@H](NF)C(c1ccccc1)c1ccccc1. The number of halogens is 1. The Bertz CT molecular complexity index is 491. The maximum absolute atomic E-state index is 12.9. The van der Waals surface area contributed by atoms with Gasteiger partial charge >= 0.3 is 5.97 Å². The first-order valence-electron chi connectivity index (χ1n) is 5.93. The summed E-state index contributed by atoms with van der Waals surface area (Å²) in [5, 5.41) is 9.16. The maximum atomic E-state index is 12.9. The van der Waals surface area contributed by atoms with Crippen molar-refractivity contribution in [3.63, 3.8) is 0 Å². The Morgan fingerprint density at radius 1 is 0.947 bits per heavy atom. The second-order valence-electron chi connectivity index (χ2n) is 4.22. The van der Waals surface area contributed by atoms with Crippen molar-refractivity contribution in [2.75, 3.05) is 0 Å². The molecule has 1 atom stereocenters. The zero-order valence-electron chi connectivity index (χ0n) is 10.2. The number of benzene rings is 2. The molecule has 2 aromatic carbocycles. The summed E-state index contributed by atoms with van der Waals surface area (Å²) in [6, 6.07) is 16.8. The molecule has 0 aliphatic carbocycles. The molecule has 0 unspecified atom stereocenters. The number of hydrogen-bond donors (Lipinski definition) is 2. The lowest BCUT2D eigenvalue weighted by atomic mass is 9.85. The standard InChI is InChI=1S/C15H14FNO2/c16-17-14(15(18)19)13(11-7-3-1-4-8-11)12-9-5-2-6-10-12/h1-10,13-14,17H,(H,18,19)/t14-/m0/s1. The maximum Gasteiger partial charge on any atom is 0.324 e. The molecular weight excluding hydrogens is 245 g/mol. The van der Waals surface area contributed by atoms with E-state index in [0.717, 1.165) is 11.1 Å². The van der Waals surface area contributed by atoms with E-state index in [1.807, 2.05) is 36.4 Å². The lowest BCUT2D eigenvalue weighted by Crippen LogP contribution is -2.38. The van der Waals surface area contributed by atoms with Gasteiger partial charge in [0.15, 0.2) is 0 Å². The van der Waals surface area contributed by atoms with Crippen molar-refractivity contribution < 1.29 is 14.4 Å². The minimum absolute atomic E-state index is 0.579. The largest absolute Gasteiger partial charge is 0.480 e.